The molecule has 0 saturated carbocycles. The molecule has 2 aliphatic heterocycles. The number of hydrogen-bond acceptors (Lipinski definition) is 8. The number of thiophene rings is 1. The third-order valence-corrected chi connectivity index (χ3v) is 5.95. The van der Waals surface area contributed by atoms with Gasteiger partial charge in [-0.3, -0.25) is 14.6 Å². The number of imide groups is 1. The first-order valence-corrected chi connectivity index (χ1v) is 10.1. The first-order valence-electron chi connectivity index (χ1n) is 8.84. The first-order chi connectivity index (χ1) is 14.0. The van der Waals surface area contributed by atoms with Crippen molar-refractivity contribution in [2.24, 2.45) is 10.3 Å². The summed E-state index contributed by atoms with van der Waals surface area (Å²) in [4.78, 5) is 32.4. The molecule has 3 aromatic rings. The fraction of sp³-hybridized carbons (Fsp3) is 0.211. The van der Waals surface area contributed by atoms with E-state index in [0.717, 1.165) is 9.78 Å². The van der Waals surface area contributed by atoms with E-state index in [4.69, 9.17) is 16.0 Å². The largest absolute Gasteiger partial charge is 0.440 e. The van der Waals surface area contributed by atoms with Crippen LogP contribution < -0.4 is 4.90 Å². The molecule has 1 aromatic carbocycles. The normalized spacial score (nSPS) is 20.8. The topological polar surface area (TPSA) is 91.4 Å². The van der Waals surface area contributed by atoms with Gasteiger partial charge in [-0.05, 0) is 36.6 Å². The van der Waals surface area contributed by atoms with E-state index in [2.05, 4.69) is 15.3 Å². The van der Waals surface area contributed by atoms with Crippen molar-refractivity contribution in [3.8, 4) is 10.8 Å². The second-order valence-electron chi connectivity index (χ2n) is 6.68. The highest BCUT2D eigenvalue weighted by molar-refractivity contribution is 7.13. The number of anilines is 1. The molecule has 2 aromatic heterocycles. The molecule has 0 radical (unpaired) electrons. The lowest BCUT2D eigenvalue weighted by Crippen LogP contribution is -2.39. The van der Waals surface area contributed by atoms with Gasteiger partial charge >= 0.3 is 0 Å². The number of aryl methyl sites for hydroxylation is 1. The van der Waals surface area contributed by atoms with Crippen LogP contribution in [-0.2, 0) is 16.1 Å². The van der Waals surface area contributed by atoms with Gasteiger partial charge in [0.25, 0.3) is 11.8 Å². The van der Waals surface area contributed by atoms with Crippen molar-refractivity contribution < 1.29 is 14.0 Å². The third kappa shape index (κ3) is 2.93. The lowest BCUT2D eigenvalue weighted by Gasteiger charge is -2.20. The van der Waals surface area contributed by atoms with Crippen molar-refractivity contribution in [1.29, 1.82) is 0 Å². The Morgan fingerprint density at radius 1 is 1.21 bits per heavy atom. The second kappa shape index (κ2) is 6.78. The summed E-state index contributed by atoms with van der Waals surface area (Å²) < 4.78 is 5.76. The van der Waals surface area contributed by atoms with Crippen molar-refractivity contribution in [3.05, 3.63) is 58.3 Å². The summed E-state index contributed by atoms with van der Waals surface area (Å²) in [5, 5.41) is 12.0. The van der Waals surface area contributed by atoms with E-state index in [-0.39, 0.29) is 12.5 Å². The van der Waals surface area contributed by atoms with E-state index in [9.17, 15) is 9.59 Å². The van der Waals surface area contributed by atoms with Gasteiger partial charge in [0.1, 0.15) is 11.5 Å². The minimum atomic E-state index is -0.870. The van der Waals surface area contributed by atoms with Gasteiger partial charge in [0, 0.05) is 5.02 Å². The molecule has 29 heavy (non-hydrogen) atoms. The average molecular weight is 428 g/mol. The Balaban J connectivity index is 1.41. The summed E-state index contributed by atoms with van der Waals surface area (Å²) in [6.45, 7) is 2.03. The zero-order valence-corrected chi connectivity index (χ0v) is 16.7. The molecule has 1 fully saturated rings. The zero-order chi connectivity index (χ0) is 20.1. The summed E-state index contributed by atoms with van der Waals surface area (Å²) in [6.07, 6.45) is 0. The second-order valence-corrected chi connectivity index (χ2v) is 8.07. The number of halogens is 1. The number of rotatable bonds is 4. The molecule has 0 bridgehead atoms. The summed E-state index contributed by atoms with van der Waals surface area (Å²) in [5.74, 6) is 0.363. The van der Waals surface area contributed by atoms with Crippen LogP contribution in [0.2, 0.25) is 5.02 Å². The molecule has 2 atom stereocenters. The molecule has 0 unspecified atom stereocenters. The van der Waals surface area contributed by atoms with Crippen LogP contribution in [0.25, 0.3) is 10.8 Å². The molecule has 0 aliphatic carbocycles. The van der Waals surface area contributed by atoms with Gasteiger partial charge in [-0.15, -0.1) is 11.3 Å². The number of fused-ring (bicyclic) bond motifs is 1. The fourth-order valence-electron chi connectivity index (χ4n) is 3.46. The van der Waals surface area contributed by atoms with Gasteiger partial charge in [-0.25, -0.2) is 9.88 Å². The maximum Gasteiger partial charge on any atom is 0.263 e. The van der Waals surface area contributed by atoms with Crippen molar-refractivity contribution in [1.82, 2.24) is 9.99 Å². The van der Waals surface area contributed by atoms with E-state index < -0.39 is 18.0 Å². The van der Waals surface area contributed by atoms with Crippen molar-refractivity contribution in [2.75, 3.05) is 4.90 Å². The van der Waals surface area contributed by atoms with Crippen LogP contribution in [-0.4, -0.2) is 33.9 Å². The van der Waals surface area contributed by atoms with Gasteiger partial charge in [0.2, 0.25) is 5.89 Å². The zero-order valence-electron chi connectivity index (χ0n) is 15.2. The Morgan fingerprint density at radius 2 is 2.07 bits per heavy atom. The number of carbonyl (C=O) groups excluding carboxylic acids is 2. The maximum absolute atomic E-state index is 13.0. The van der Waals surface area contributed by atoms with Crippen molar-refractivity contribution in [2.45, 2.75) is 25.6 Å². The molecule has 0 N–H and O–H groups in total. The summed E-state index contributed by atoms with van der Waals surface area (Å²) >= 11 is 7.55. The van der Waals surface area contributed by atoms with Crippen LogP contribution in [0, 0.1) is 6.92 Å². The lowest BCUT2D eigenvalue weighted by atomic mass is 10.1. The van der Waals surface area contributed by atoms with Crippen LogP contribution in [0.3, 0.4) is 0 Å². The molecule has 8 nitrogen and oxygen atoms in total. The van der Waals surface area contributed by atoms with Crippen molar-refractivity contribution >= 4 is 40.4 Å². The Kier molecular flexibility index (Phi) is 4.21. The fourth-order valence-corrected chi connectivity index (χ4v) is 4.29. The SMILES string of the molecule is Cc1oc(-c2cccs2)nc1CN1N=N[C@H]2C(=O)N(c3cccc(Cl)c3)C(=O)[C@H]21. The molecule has 4 heterocycles. The van der Waals surface area contributed by atoms with Crippen LogP contribution in [0.15, 0.2) is 56.5 Å². The van der Waals surface area contributed by atoms with Crippen molar-refractivity contribution in [3.63, 3.8) is 0 Å². The van der Waals surface area contributed by atoms with Gasteiger partial charge in [-0.1, -0.05) is 29.0 Å². The first kappa shape index (κ1) is 18.0. The Hall–Kier alpha value is -3.04. The number of oxazole rings is 1. The Bertz CT molecular complexity index is 1140. The van der Waals surface area contributed by atoms with E-state index in [0.29, 0.717) is 28.1 Å². The Morgan fingerprint density at radius 3 is 2.83 bits per heavy atom. The number of carbonyl (C=O) groups is 2. The van der Waals surface area contributed by atoms with E-state index in [1.165, 1.54) is 16.3 Å². The standard InChI is InChI=1S/C19H14ClN5O3S/c1-10-13(21-17(28-10)14-6-3-7-29-14)9-24-16-15(22-23-24)18(26)25(19(16)27)12-5-2-4-11(20)8-12/h2-8,15-16H,9H2,1H3/t15-,16+/m1/s1. The number of amides is 2. The van der Waals surface area contributed by atoms with Gasteiger partial charge in [-0.2, -0.15) is 5.11 Å². The summed E-state index contributed by atoms with van der Waals surface area (Å²) in [5.41, 5.74) is 1.07. The molecular weight excluding hydrogens is 414 g/mol. The highest BCUT2D eigenvalue weighted by atomic mass is 35.5. The van der Waals surface area contributed by atoms with E-state index >= 15 is 0 Å². The maximum atomic E-state index is 13.0. The predicted molar refractivity (Wildman–Crippen MR) is 106 cm³/mol. The van der Waals surface area contributed by atoms with Gasteiger partial charge in [0.15, 0.2) is 12.1 Å². The molecule has 1 saturated heterocycles. The Labute approximate surface area is 174 Å². The summed E-state index contributed by atoms with van der Waals surface area (Å²) in [7, 11) is 0. The smallest absolute Gasteiger partial charge is 0.263 e. The number of nitrogens with zero attached hydrogens (tertiary/aromatic N) is 5. The monoisotopic (exact) mass is 427 g/mol. The molecule has 10 heteroatoms. The quantitative estimate of drug-likeness (QED) is 0.589. The number of benzene rings is 1. The van der Waals surface area contributed by atoms with Crippen LogP contribution >= 0.6 is 22.9 Å². The molecule has 2 amide bonds. The number of hydrogen-bond donors (Lipinski definition) is 0. The molecule has 0 spiro atoms. The molecular formula is C19H14ClN5O3S. The average Bonchev–Trinajstić information content (AvgIpc) is 3.45. The molecule has 5 rings (SSSR count). The third-order valence-electron chi connectivity index (χ3n) is 4.86. The van der Waals surface area contributed by atoms with Crippen LogP contribution in [0.5, 0.6) is 0 Å². The van der Waals surface area contributed by atoms with E-state index in [1.807, 2.05) is 24.4 Å². The minimum Gasteiger partial charge on any atom is -0.440 e. The minimum absolute atomic E-state index is 0.216. The highest BCUT2D eigenvalue weighted by Crippen LogP contribution is 2.34. The van der Waals surface area contributed by atoms with Crippen LogP contribution in [0.1, 0.15) is 11.5 Å². The van der Waals surface area contributed by atoms with E-state index in [1.54, 1.807) is 24.3 Å². The highest BCUT2D eigenvalue weighted by Gasteiger charge is 2.54. The van der Waals surface area contributed by atoms with Gasteiger partial charge in [0.05, 0.1) is 17.1 Å². The predicted octanol–water partition coefficient (Wildman–Crippen LogP) is 3.86. The molecule has 146 valence electrons. The lowest BCUT2D eigenvalue weighted by molar-refractivity contribution is -0.123. The summed E-state index contributed by atoms with van der Waals surface area (Å²) in [6, 6.07) is 8.79. The molecule has 2 aliphatic rings. The van der Waals surface area contributed by atoms with Crippen LogP contribution in [0.4, 0.5) is 5.69 Å². The van der Waals surface area contributed by atoms with Gasteiger partial charge < -0.3 is 4.42 Å². The number of aromatic nitrogens is 1.